The smallest absolute Gasteiger partial charge is 0.339 e. The lowest BCUT2D eigenvalue weighted by molar-refractivity contribution is 0.0601. The van der Waals surface area contributed by atoms with Crippen molar-refractivity contribution in [3.63, 3.8) is 0 Å². The molecule has 1 aromatic carbocycles. The van der Waals surface area contributed by atoms with E-state index < -0.39 is 0 Å². The first-order chi connectivity index (χ1) is 9.52. The standard InChI is InChI=1S/C15H17N3O2/c1-10-9-11(2)17-15(16-10)18(3)13-8-6-5-7-12(13)14(19)20-4/h5-9H,1-4H3. The Morgan fingerprint density at radius 2 is 1.75 bits per heavy atom. The number of benzene rings is 1. The fourth-order valence-corrected chi connectivity index (χ4v) is 2.01. The van der Waals surface area contributed by atoms with E-state index in [1.165, 1.54) is 7.11 Å². The zero-order valence-electron chi connectivity index (χ0n) is 12.0. The summed E-state index contributed by atoms with van der Waals surface area (Å²) >= 11 is 0. The second-order valence-corrected chi connectivity index (χ2v) is 4.52. The predicted molar refractivity (Wildman–Crippen MR) is 77.4 cm³/mol. The van der Waals surface area contributed by atoms with Gasteiger partial charge in [0.15, 0.2) is 0 Å². The highest BCUT2D eigenvalue weighted by atomic mass is 16.5. The highest BCUT2D eigenvalue weighted by Gasteiger charge is 2.17. The van der Waals surface area contributed by atoms with Gasteiger partial charge in [-0.15, -0.1) is 0 Å². The van der Waals surface area contributed by atoms with Gasteiger partial charge < -0.3 is 9.64 Å². The quantitative estimate of drug-likeness (QED) is 0.803. The highest BCUT2D eigenvalue weighted by molar-refractivity contribution is 5.96. The number of hydrogen-bond donors (Lipinski definition) is 0. The monoisotopic (exact) mass is 271 g/mol. The highest BCUT2D eigenvalue weighted by Crippen LogP contribution is 2.25. The average Bonchev–Trinajstić information content (AvgIpc) is 2.44. The van der Waals surface area contributed by atoms with Gasteiger partial charge in [-0.25, -0.2) is 14.8 Å². The molecule has 0 spiro atoms. The molecule has 0 saturated heterocycles. The molecule has 1 heterocycles. The molecule has 1 aromatic heterocycles. The summed E-state index contributed by atoms with van der Waals surface area (Å²) in [6.45, 7) is 3.83. The molecule has 0 radical (unpaired) electrons. The van der Waals surface area contributed by atoms with Crippen molar-refractivity contribution in [3.05, 3.63) is 47.3 Å². The number of aryl methyl sites for hydroxylation is 2. The molecule has 0 unspecified atom stereocenters. The predicted octanol–water partition coefficient (Wildman–Crippen LogP) is 2.65. The molecule has 0 N–H and O–H groups in total. The molecule has 2 aromatic rings. The van der Waals surface area contributed by atoms with Crippen molar-refractivity contribution in [1.82, 2.24) is 9.97 Å². The van der Waals surface area contributed by atoms with Crippen molar-refractivity contribution in [1.29, 1.82) is 0 Å². The lowest BCUT2D eigenvalue weighted by Gasteiger charge is -2.20. The third-order valence-electron chi connectivity index (χ3n) is 2.94. The normalized spacial score (nSPS) is 10.2. The number of hydrogen-bond acceptors (Lipinski definition) is 5. The number of anilines is 2. The summed E-state index contributed by atoms with van der Waals surface area (Å²) in [5.74, 6) is 0.177. The first-order valence-electron chi connectivity index (χ1n) is 6.26. The number of ether oxygens (including phenoxy) is 1. The molecular weight excluding hydrogens is 254 g/mol. The molecule has 5 nitrogen and oxygen atoms in total. The molecule has 2 rings (SSSR count). The molecule has 0 bridgehead atoms. The summed E-state index contributed by atoms with van der Waals surface area (Å²) in [5.41, 5.74) is 2.97. The van der Waals surface area contributed by atoms with Crippen LogP contribution in [0.5, 0.6) is 0 Å². The summed E-state index contributed by atoms with van der Waals surface area (Å²) in [6, 6.07) is 9.13. The topological polar surface area (TPSA) is 55.3 Å². The van der Waals surface area contributed by atoms with E-state index in [1.54, 1.807) is 17.0 Å². The maximum atomic E-state index is 11.8. The van der Waals surface area contributed by atoms with Gasteiger partial charge >= 0.3 is 5.97 Å². The number of carbonyl (C=O) groups excluding carboxylic acids is 1. The number of nitrogens with zero attached hydrogens (tertiary/aromatic N) is 3. The molecule has 20 heavy (non-hydrogen) atoms. The number of esters is 1. The van der Waals surface area contributed by atoms with Gasteiger partial charge in [0.25, 0.3) is 0 Å². The Labute approximate surface area is 118 Å². The lowest BCUT2D eigenvalue weighted by Crippen LogP contribution is -2.17. The van der Waals surface area contributed by atoms with Crippen LogP contribution in [0.15, 0.2) is 30.3 Å². The molecule has 5 heteroatoms. The van der Waals surface area contributed by atoms with Crippen LogP contribution in [-0.4, -0.2) is 30.1 Å². The van der Waals surface area contributed by atoms with E-state index in [9.17, 15) is 4.79 Å². The Morgan fingerprint density at radius 3 is 2.35 bits per heavy atom. The van der Waals surface area contributed by atoms with E-state index in [1.807, 2.05) is 39.1 Å². The van der Waals surface area contributed by atoms with Crippen LogP contribution in [0.2, 0.25) is 0 Å². The maximum Gasteiger partial charge on any atom is 0.339 e. The van der Waals surface area contributed by atoms with Gasteiger partial charge in [0, 0.05) is 18.4 Å². The fraction of sp³-hybridized carbons (Fsp3) is 0.267. The van der Waals surface area contributed by atoms with Gasteiger partial charge in [0.2, 0.25) is 5.95 Å². The molecule has 0 fully saturated rings. The van der Waals surface area contributed by atoms with Crippen LogP contribution in [0.1, 0.15) is 21.7 Å². The maximum absolute atomic E-state index is 11.8. The van der Waals surface area contributed by atoms with Crippen LogP contribution in [0, 0.1) is 13.8 Å². The Bertz CT molecular complexity index is 621. The molecule has 0 atom stereocenters. The summed E-state index contributed by atoms with van der Waals surface area (Å²) in [6.07, 6.45) is 0. The van der Waals surface area contributed by atoms with Crippen molar-refractivity contribution in [2.24, 2.45) is 0 Å². The first-order valence-corrected chi connectivity index (χ1v) is 6.26. The Kier molecular flexibility index (Phi) is 3.98. The zero-order chi connectivity index (χ0) is 14.7. The fourth-order valence-electron chi connectivity index (χ4n) is 2.01. The number of aromatic nitrogens is 2. The summed E-state index contributed by atoms with van der Waals surface area (Å²) < 4.78 is 4.80. The first kappa shape index (κ1) is 14.0. The Morgan fingerprint density at radius 1 is 1.15 bits per heavy atom. The largest absolute Gasteiger partial charge is 0.465 e. The molecule has 0 aliphatic heterocycles. The van der Waals surface area contributed by atoms with E-state index in [-0.39, 0.29) is 5.97 Å². The van der Waals surface area contributed by atoms with Crippen molar-refractivity contribution in [3.8, 4) is 0 Å². The average molecular weight is 271 g/mol. The van der Waals surface area contributed by atoms with Crippen molar-refractivity contribution >= 4 is 17.6 Å². The van der Waals surface area contributed by atoms with Gasteiger partial charge in [-0.3, -0.25) is 0 Å². The van der Waals surface area contributed by atoms with Crippen LogP contribution < -0.4 is 4.90 Å². The van der Waals surface area contributed by atoms with Gasteiger partial charge in [-0.05, 0) is 32.0 Å². The minimum Gasteiger partial charge on any atom is -0.465 e. The van der Waals surface area contributed by atoms with Crippen molar-refractivity contribution in [2.45, 2.75) is 13.8 Å². The van der Waals surface area contributed by atoms with E-state index in [2.05, 4.69) is 9.97 Å². The van der Waals surface area contributed by atoms with E-state index in [0.29, 0.717) is 17.2 Å². The van der Waals surface area contributed by atoms with Crippen molar-refractivity contribution < 1.29 is 9.53 Å². The second-order valence-electron chi connectivity index (χ2n) is 4.52. The number of carbonyl (C=O) groups is 1. The van der Waals surface area contributed by atoms with Crippen LogP contribution in [0.4, 0.5) is 11.6 Å². The van der Waals surface area contributed by atoms with Crippen LogP contribution in [0.3, 0.4) is 0 Å². The van der Waals surface area contributed by atoms with Crippen LogP contribution in [-0.2, 0) is 4.74 Å². The summed E-state index contributed by atoms with van der Waals surface area (Å²) in [4.78, 5) is 22.4. The molecule has 104 valence electrons. The lowest BCUT2D eigenvalue weighted by atomic mass is 10.1. The zero-order valence-corrected chi connectivity index (χ0v) is 12.0. The minimum atomic E-state index is -0.378. The minimum absolute atomic E-state index is 0.378. The van der Waals surface area contributed by atoms with E-state index in [4.69, 9.17) is 4.74 Å². The molecule has 0 aliphatic rings. The van der Waals surface area contributed by atoms with Crippen molar-refractivity contribution in [2.75, 3.05) is 19.1 Å². The Hall–Kier alpha value is -2.43. The molecule has 0 amide bonds. The summed E-state index contributed by atoms with van der Waals surface area (Å²) in [7, 11) is 3.20. The summed E-state index contributed by atoms with van der Waals surface area (Å²) in [5, 5.41) is 0. The third-order valence-corrected chi connectivity index (χ3v) is 2.94. The van der Waals surface area contributed by atoms with Gasteiger partial charge in [0.1, 0.15) is 0 Å². The number of para-hydroxylation sites is 1. The van der Waals surface area contributed by atoms with E-state index >= 15 is 0 Å². The second kappa shape index (κ2) is 5.69. The van der Waals surface area contributed by atoms with Gasteiger partial charge in [-0.1, -0.05) is 12.1 Å². The van der Waals surface area contributed by atoms with Crippen LogP contribution >= 0.6 is 0 Å². The molecule has 0 saturated carbocycles. The molecule has 0 aliphatic carbocycles. The molecular formula is C15H17N3O2. The van der Waals surface area contributed by atoms with Crippen LogP contribution in [0.25, 0.3) is 0 Å². The number of methoxy groups -OCH3 is 1. The number of rotatable bonds is 3. The van der Waals surface area contributed by atoms with Gasteiger partial charge in [0.05, 0.1) is 18.4 Å². The van der Waals surface area contributed by atoms with Gasteiger partial charge in [-0.2, -0.15) is 0 Å². The third kappa shape index (κ3) is 2.77. The Balaban J connectivity index is 2.48. The van der Waals surface area contributed by atoms with E-state index in [0.717, 1.165) is 11.4 Å². The SMILES string of the molecule is COC(=O)c1ccccc1N(C)c1nc(C)cc(C)n1.